The molecule has 6 N–H and O–H groups in total. The molecule has 2 amide bonds. The predicted molar refractivity (Wildman–Crippen MR) is 70.6 cm³/mol. The first-order valence-corrected chi connectivity index (χ1v) is 5.56. The van der Waals surface area contributed by atoms with Crippen molar-refractivity contribution in [3.8, 4) is 0 Å². The molecule has 0 atom stereocenters. The van der Waals surface area contributed by atoms with Crippen LogP contribution in [0.3, 0.4) is 0 Å². The van der Waals surface area contributed by atoms with E-state index in [0.29, 0.717) is 16.9 Å². The lowest BCUT2D eigenvalue weighted by Gasteiger charge is -2.25. The molecule has 0 aliphatic rings. The normalized spacial score (nSPS) is 10.4. The number of nitrogens with zero attached hydrogens (tertiary/aromatic N) is 1. The second-order valence-electron chi connectivity index (χ2n) is 4.38. The lowest BCUT2D eigenvalue weighted by atomic mass is 10.1. The maximum atomic E-state index is 12.2. The third-order valence-corrected chi connectivity index (χ3v) is 2.44. The number of anilines is 2. The largest absolute Gasteiger partial charge is 0.399 e. The third-order valence-electron chi connectivity index (χ3n) is 2.44. The van der Waals surface area contributed by atoms with Gasteiger partial charge in [-0.15, -0.1) is 0 Å². The zero-order valence-electron chi connectivity index (χ0n) is 10.5. The monoisotopic (exact) mass is 250 g/mol. The van der Waals surface area contributed by atoms with E-state index in [1.807, 2.05) is 0 Å². The number of hydrogen-bond donors (Lipinski definition) is 3. The predicted octanol–water partition coefficient (Wildman–Crippen LogP) is 0.187. The van der Waals surface area contributed by atoms with Crippen LogP contribution in [0.5, 0.6) is 0 Å². The van der Waals surface area contributed by atoms with Gasteiger partial charge in [0.05, 0.1) is 6.54 Å². The van der Waals surface area contributed by atoms with E-state index < -0.39 is 5.91 Å². The number of nitrogen functional groups attached to an aromatic ring is 2. The quantitative estimate of drug-likeness (QED) is 0.661. The fourth-order valence-electron chi connectivity index (χ4n) is 1.62. The van der Waals surface area contributed by atoms with Crippen LogP contribution in [0, 0.1) is 0 Å². The maximum Gasteiger partial charge on any atom is 0.254 e. The molecule has 6 heteroatoms. The SMILES string of the molecule is CC(C)N(CC(N)=O)C(=O)c1cc(N)cc(N)c1. The van der Waals surface area contributed by atoms with E-state index in [2.05, 4.69) is 0 Å². The smallest absolute Gasteiger partial charge is 0.254 e. The summed E-state index contributed by atoms with van der Waals surface area (Å²) in [6.07, 6.45) is 0. The van der Waals surface area contributed by atoms with Crippen LogP contribution in [0.2, 0.25) is 0 Å². The Morgan fingerprint density at radius 2 is 1.67 bits per heavy atom. The van der Waals surface area contributed by atoms with Gasteiger partial charge in [0, 0.05) is 23.0 Å². The van der Waals surface area contributed by atoms with Gasteiger partial charge in [0.15, 0.2) is 0 Å². The van der Waals surface area contributed by atoms with Gasteiger partial charge in [0.25, 0.3) is 5.91 Å². The topological polar surface area (TPSA) is 115 Å². The van der Waals surface area contributed by atoms with Gasteiger partial charge in [-0.05, 0) is 32.0 Å². The van der Waals surface area contributed by atoms with Crippen LogP contribution in [0.15, 0.2) is 18.2 Å². The van der Waals surface area contributed by atoms with Crippen molar-refractivity contribution in [1.82, 2.24) is 4.90 Å². The van der Waals surface area contributed by atoms with Crippen LogP contribution in [-0.4, -0.2) is 29.3 Å². The molecule has 0 saturated heterocycles. The summed E-state index contributed by atoms with van der Waals surface area (Å²) in [5, 5.41) is 0. The molecule has 1 rings (SSSR count). The van der Waals surface area contributed by atoms with E-state index >= 15 is 0 Å². The number of hydrogen-bond acceptors (Lipinski definition) is 4. The van der Waals surface area contributed by atoms with Crippen molar-refractivity contribution < 1.29 is 9.59 Å². The lowest BCUT2D eigenvalue weighted by Crippen LogP contribution is -2.42. The molecule has 0 fully saturated rings. The van der Waals surface area contributed by atoms with Crippen molar-refractivity contribution in [1.29, 1.82) is 0 Å². The van der Waals surface area contributed by atoms with Crippen LogP contribution in [-0.2, 0) is 4.79 Å². The summed E-state index contributed by atoms with van der Waals surface area (Å²) in [5.74, 6) is -0.878. The van der Waals surface area contributed by atoms with Crippen molar-refractivity contribution in [2.45, 2.75) is 19.9 Å². The van der Waals surface area contributed by atoms with Gasteiger partial charge in [-0.3, -0.25) is 9.59 Å². The second kappa shape index (κ2) is 5.39. The minimum atomic E-state index is -0.561. The van der Waals surface area contributed by atoms with Crippen LogP contribution >= 0.6 is 0 Å². The van der Waals surface area contributed by atoms with Gasteiger partial charge in [-0.1, -0.05) is 0 Å². The van der Waals surface area contributed by atoms with Crippen LogP contribution < -0.4 is 17.2 Å². The molecule has 98 valence electrons. The molecule has 0 radical (unpaired) electrons. The molecule has 0 saturated carbocycles. The zero-order valence-corrected chi connectivity index (χ0v) is 10.5. The van der Waals surface area contributed by atoms with E-state index in [1.165, 1.54) is 17.0 Å². The second-order valence-corrected chi connectivity index (χ2v) is 4.38. The average molecular weight is 250 g/mol. The van der Waals surface area contributed by atoms with E-state index in [-0.39, 0.29) is 18.5 Å². The number of carbonyl (C=O) groups is 2. The van der Waals surface area contributed by atoms with Gasteiger partial charge >= 0.3 is 0 Å². The van der Waals surface area contributed by atoms with Crippen molar-refractivity contribution in [2.75, 3.05) is 18.0 Å². The molecular formula is C12H18N4O2. The standard InChI is InChI=1S/C12H18N4O2/c1-7(2)16(6-11(15)17)12(18)8-3-9(13)5-10(14)4-8/h3-5,7H,6,13-14H2,1-2H3,(H2,15,17). The Kier molecular flexibility index (Phi) is 4.14. The summed E-state index contributed by atoms with van der Waals surface area (Å²) in [7, 11) is 0. The molecule has 0 unspecified atom stereocenters. The van der Waals surface area contributed by atoms with Gasteiger partial charge in [-0.2, -0.15) is 0 Å². The highest BCUT2D eigenvalue weighted by molar-refractivity contribution is 5.98. The van der Waals surface area contributed by atoms with Crippen molar-refractivity contribution in [2.24, 2.45) is 5.73 Å². The Balaban J connectivity index is 3.05. The van der Waals surface area contributed by atoms with Crippen LogP contribution in [0.25, 0.3) is 0 Å². The zero-order chi connectivity index (χ0) is 13.9. The third kappa shape index (κ3) is 3.38. The summed E-state index contributed by atoms with van der Waals surface area (Å²) >= 11 is 0. The average Bonchev–Trinajstić information content (AvgIpc) is 2.23. The number of primary amides is 1. The number of nitrogens with two attached hydrogens (primary N) is 3. The molecule has 0 aliphatic heterocycles. The first kappa shape index (κ1) is 13.8. The summed E-state index contributed by atoms with van der Waals surface area (Å²) in [6.45, 7) is 3.47. The van der Waals surface area contributed by atoms with E-state index in [1.54, 1.807) is 19.9 Å². The van der Waals surface area contributed by atoms with Crippen LogP contribution in [0.4, 0.5) is 11.4 Å². The number of benzene rings is 1. The van der Waals surface area contributed by atoms with E-state index in [0.717, 1.165) is 0 Å². The molecule has 0 heterocycles. The fourth-order valence-corrected chi connectivity index (χ4v) is 1.62. The summed E-state index contributed by atoms with van der Waals surface area (Å²) in [5.41, 5.74) is 17.5. The number of carbonyl (C=O) groups excluding carboxylic acids is 2. The van der Waals surface area contributed by atoms with Crippen molar-refractivity contribution >= 4 is 23.2 Å². The molecule has 0 spiro atoms. The number of amides is 2. The summed E-state index contributed by atoms with van der Waals surface area (Å²) < 4.78 is 0. The highest BCUT2D eigenvalue weighted by Crippen LogP contribution is 2.16. The van der Waals surface area contributed by atoms with Crippen molar-refractivity contribution in [3.63, 3.8) is 0 Å². The molecule has 1 aromatic carbocycles. The summed E-state index contributed by atoms with van der Waals surface area (Å²) in [6, 6.07) is 4.46. The van der Waals surface area contributed by atoms with Gasteiger partial charge < -0.3 is 22.1 Å². The first-order chi connectivity index (χ1) is 8.31. The van der Waals surface area contributed by atoms with Crippen molar-refractivity contribution in [3.05, 3.63) is 23.8 Å². The molecule has 0 bridgehead atoms. The first-order valence-electron chi connectivity index (χ1n) is 5.56. The Bertz CT molecular complexity index is 451. The summed E-state index contributed by atoms with van der Waals surface area (Å²) in [4.78, 5) is 24.6. The maximum absolute atomic E-state index is 12.2. The highest BCUT2D eigenvalue weighted by Gasteiger charge is 2.20. The molecule has 0 aliphatic carbocycles. The Morgan fingerprint density at radius 1 is 1.17 bits per heavy atom. The van der Waals surface area contributed by atoms with Gasteiger partial charge in [0.2, 0.25) is 5.91 Å². The highest BCUT2D eigenvalue weighted by atomic mass is 16.2. The molecular weight excluding hydrogens is 232 g/mol. The minimum Gasteiger partial charge on any atom is -0.399 e. The molecule has 0 aromatic heterocycles. The van der Waals surface area contributed by atoms with Gasteiger partial charge in [-0.25, -0.2) is 0 Å². The molecule has 18 heavy (non-hydrogen) atoms. The van der Waals surface area contributed by atoms with Gasteiger partial charge in [0.1, 0.15) is 0 Å². The number of rotatable bonds is 4. The Labute approximate surface area is 106 Å². The Morgan fingerprint density at radius 3 is 2.06 bits per heavy atom. The Hall–Kier alpha value is -2.24. The molecule has 1 aromatic rings. The fraction of sp³-hybridized carbons (Fsp3) is 0.333. The van der Waals surface area contributed by atoms with E-state index in [9.17, 15) is 9.59 Å². The van der Waals surface area contributed by atoms with Crippen LogP contribution in [0.1, 0.15) is 24.2 Å². The lowest BCUT2D eigenvalue weighted by molar-refractivity contribution is -0.119. The van der Waals surface area contributed by atoms with E-state index in [4.69, 9.17) is 17.2 Å². The minimum absolute atomic E-state index is 0.134. The molecule has 6 nitrogen and oxygen atoms in total.